The number of carbonyl (C=O) groups excluding carboxylic acids is 1. The first-order valence-electron chi connectivity index (χ1n) is 10.3. The Labute approximate surface area is 201 Å². The molecule has 0 unspecified atom stereocenters. The van der Waals surface area contributed by atoms with Gasteiger partial charge in [0, 0.05) is 15.3 Å². The first-order chi connectivity index (χ1) is 16.1. The SMILES string of the molecule is O=C1Nc2ccc(Br)cc2[C@@]12Nc1ccccc1-c1c(=O)[nH]c(SCc3ccccc3)n[n+]12. The fourth-order valence-electron chi connectivity index (χ4n) is 4.33. The summed E-state index contributed by atoms with van der Waals surface area (Å²) in [5.41, 5.74) is 2.50. The highest BCUT2D eigenvalue weighted by molar-refractivity contribution is 9.10. The normalized spacial score (nSPS) is 17.7. The first kappa shape index (κ1) is 20.2. The van der Waals surface area contributed by atoms with Crippen LogP contribution in [-0.4, -0.2) is 16.0 Å². The Morgan fingerprint density at radius 2 is 1.76 bits per heavy atom. The lowest BCUT2D eigenvalue weighted by Gasteiger charge is -2.28. The van der Waals surface area contributed by atoms with Gasteiger partial charge >= 0.3 is 22.8 Å². The number of aromatic amines is 1. The molecule has 0 radical (unpaired) electrons. The molecule has 4 aromatic rings. The van der Waals surface area contributed by atoms with Gasteiger partial charge in [0.2, 0.25) is 5.16 Å². The summed E-state index contributed by atoms with van der Waals surface area (Å²) in [7, 11) is 0. The van der Waals surface area contributed by atoms with Crippen LogP contribution >= 0.6 is 27.7 Å². The summed E-state index contributed by atoms with van der Waals surface area (Å²) in [5, 5.41) is 11.6. The van der Waals surface area contributed by atoms with Crippen molar-refractivity contribution in [1.29, 1.82) is 0 Å². The van der Waals surface area contributed by atoms with Crippen LogP contribution < -0.4 is 20.9 Å². The third kappa shape index (κ3) is 3.11. The molecule has 3 aromatic carbocycles. The number of thioether (sulfide) groups is 1. The third-order valence-electron chi connectivity index (χ3n) is 5.82. The van der Waals surface area contributed by atoms with Crippen molar-refractivity contribution in [3.63, 3.8) is 0 Å². The summed E-state index contributed by atoms with van der Waals surface area (Å²) in [4.78, 5) is 29.8. The van der Waals surface area contributed by atoms with E-state index in [0.717, 1.165) is 10.0 Å². The van der Waals surface area contributed by atoms with E-state index >= 15 is 0 Å². The number of hydrogen-bond acceptors (Lipinski definition) is 5. The molecule has 0 saturated carbocycles. The number of halogens is 1. The van der Waals surface area contributed by atoms with Crippen molar-refractivity contribution in [3.8, 4) is 11.3 Å². The Bertz CT molecular complexity index is 1490. The van der Waals surface area contributed by atoms with E-state index in [-0.39, 0.29) is 11.5 Å². The molecule has 0 saturated heterocycles. The predicted octanol–water partition coefficient (Wildman–Crippen LogP) is 3.86. The minimum absolute atomic E-state index is 0.298. The molecule has 2 aliphatic heterocycles. The van der Waals surface area contributed by atoms with Crippen LogP contribution in [0.2, 0.25) is 0 Å². The number of fused-ring (bicyclic) bond motifs is 6. The monoisotopic (exact) mass is 518 g/mol. The molecule has 6 rings (SSSR count). The van der Waals surface area contributed by atoms with Gasteiger partial charge in [-0.3, -0.25) is 14.6 Å². The van der Waals surface area contributed by atoms with E-state index in [4.69, 9.17) is 5.10 Å². The summed E-state index contributed by atoms with van der Waals surface area (Å²) < 4.78 is 2.36. The van der Waals surface area contributed by atoms with Crippen LogP contribution in [0.1, 0.15) is 11.1 Å². The number of para-hydroxylation sites is 1. The van der Waals surface area contributed by atoms with Crippen molar-refractivity contribution >= 4 is 45.0 Å². The van der Waals surface area contributed by atoms with Gasteiger partial charge in [0.05, 0.1) is 22.5 Å². The highest BCUT2D eigenvalue weighted by Gasteiger charge is 2.62. The van der Waals surface area contributed by atoms with Gasteiger partial charge in [-0.1, -0.05) is 70.2 Å². The molecule has 3 heterocycles. The summed E-state index contributed by atoms with van der Waals surface area (Å²) in [6.07, 6.45) is 0. The van der Waals surface area contributed by atoms with Gasteiger partial charge in [0.1, 0.15) is 0 Å². The van der Waals surface area contributed by atoms with Crippen LogP contribution in [-0.2, 0) is 16.2 Å². The summed E-state index contributed by atoms with van der Waals surface area (Å²) >= 11 is 4.93. The van der Waals surface area contributed by atoms with E-state index in [1.807, 2.05) is 72.8 Å². The molecule has 1 amide bonds. The molecule has 2 aliphatic rings. The molecule has 9 heteroatoms. The fraction of sp³-hybridized carbons (Fsp3) is 0.0833. The van der Waals surface area contributed by atoms with Crippen molar-refractivity contribution in [1.82, 2.24) is 10.1 Å². The molecule has 33 heavy (non-hydrogen) atoms. The van der Waals surface area contributed by atoms with Gasteiger partial charge in [-0.05, 0) is 40.6 Å². The van der Waals surface area contributed by atoms with Crippen LogP contribution in [0.4, 0.5) is 11.4 Å². The maximum absolute atomic E-state index is 13.5. The zero-order chi connectivity index (χ0) is 22.6. The van der Waals surface area contributed by atoms with Crippen molar-refractivity contribution in [2.24, 2.45) is 0 Å². The van der Waals surface area contributed by atoms with Crippen LogP contribution in [0.3, 0.4) is 0 Å². The highest BCUT2D eigenvalue weighted by atomic mass is 79.9. The van der Waals surface area contributed by atoms with E-state index in [1.165, 1.54) is 16.4 Å². The molecule has 1 aromatic heterocycles. The number of carbonyl (C=O) groups is 1. The lowest BCUT2D eigenvalue weighted by Crippen LogP contribution is -2.71. The zero-order valence-corrected chi connectivity index (χ0v) is 19.5. The lowest BCUT2D eigenvalue weighted by atomic mass is 9.95. The number of anilines is 2. The summed E-state index contributed by atoms with van der Waals surface area (Å²) in [5.74, 6) is 0.336. The number of aromatic nitrogens is 3. The molecule has 0 fully saturated rings. The van der Waals surface area contributed by atoms with E-state index < -0.39 is 5.66 Å². The molecular formula is C24H17BrN5O2S+. The number of rotatable bonds is 3. The Kier molecular flexibility index (Phi) is 4.63. The number of amides is 1. The van der Waals surface area contributed by atoms with E-state index in [2.05, 4.69) is 31.5 Å². The molecular weight excluding hydrogens is 502 g/mol. The number of hydrogen-bond donors (Lipinski definition) is 3. The van der Waals surface area contributed by atoms with E-state index in [9.17, 15) is 9.59 Å². The second kappa shape index (κ2) is 7.57. The highest BCUT2D eigenvalue weighted by Crippen LogP contribution is 2.42. The second-order valence-electron chi connectivity index (χ2n) is 7.82. The van der Waals surface area contributed by atoms with E-state index in [0.29, 0.717) is 39.1 Å². The Morgan fingerprint density at radius 1 is 0.970 bits per heavy atom. The standard InChI is InChI=1S/C24H16BrN5O2S/c25-15-10-11-19-17(12-15)24(22(32)26-19)28-18-9-5-4-8-16(18)20-21(31)27-23(29-30(20)24)33-13-14-6-2-1-3-7-14/h1-12H,13H2,(H2,26,27,29,31,32)/p+1/t24-/m0/s1. The second-order valence-corrected chi connectivity index (χ2v) is 9.70. The Hall–Kier alpha value is -3.43. The minimum atomic E-state index is -1.39. The summed E-state index contributed by atoms with van der Waals surface area (Å²) in [6.45, 7) is 0. The van der Waals surface area contributed by atoms with Crippen LogP contribution in [0.15, 0.2) is 87.2 Å². The van der Waals surface area contributed by atoms with Gasteiger partial charge in [-0.15, -0.1) is 0 Å². The predicted molar refractivity (Wildman–Crippen MR) is 130 cm³/mol. The molecule has 0 aliphatic carbocycles. The van der Waals surface area contributed by atoms with Crippen molar-refractivity contribution in [2.45, 2.75) is 16.6 Å². The first-order valence-corrected chi connectivity index (χ1v) is 12.1. The molecule has 1 atom stereocenters. The van der Waals surface area contributed by atoms with Crippen molar-refractivity contribution < 1.29 is 9.48 Å². The fourth-order valence-corrected chi connectivity index (χ4v) is 5.49. The van der Waals surface area contributed by atoms with Crippen molar-refractivity contribution in [2.75, 3.05) is 10.6 Å². The maximum Gasteiger partial charge on any atom is 0.374 e. The van der Waals surface area contributed by atoms with Gasteiger partial charge < -0.3 is 10.6 Å². The topological polar surface area (TPSA) is 90.8 Å². The van der Waals surface area contributed by atoms with Crippen molar-refractivity contribution in [3.05, 3.63) is 98.7 Å². The molecule has 1 spiro atoms. The van der Waals surface area contributed by atoms with Crippen LogP contribution in [0, 0.1) is 0 Å². The maximum atomic E-state index is 13.5. The smallest absolute Gasteiger partial charge is 0.317 e. The average molecular weight is 519 g/mol. The van der Waals surface area contributed by atoms with Gasteiger partial charge in [-0.25, -0.2) is 0 Å². The average Bonchev–Trinajstić information content (AvgIpc) is 3.09. The quantitative estimate of drug-likeness (QED) is 0.283. The Balaban J connectivity index is 1.57. The lowest BCUT2D eigenvalue weighted by molar-refractivity contribution is -0.781. The van der Waals surface area contributed by atoms with Crippen LogP contribution in [0.5, 0.6) is 0 Å². The molecule has 7 nitrogen and oxygen atoms in total. The molecule has 3 N–H and O–H groups in total. The number of nitrogens with zero attached hydrogens (tertiary/aromatic N) is 2. The Morgan fingerprint density at radius 3 is 2.61 bits per heavy atom. The van der Waals surface area contributed by atoms with Gasteiger partial charge in [-0.2, -0.15) is 0 Å². The van der Waals surface area contributed by atoms with Crippen LogP contribution in [0.25, 0.3) is 11.3 Å². The third-order valence-corrected chi connectivity index (χ3v) is 7.25. The molecule has 0 bridgehead atoms. The number of H-pyrrole nitrogens is 1. The largest absolute Gasteiger partial charge is 0.374 e. The minimum Gasteiger partial charge on any atom is -0.317 e. The number of nitrogens with one attached hydrogen (secondary N) is 3. The molecule has 162 valence electrons. The van der Waals surface area contributed by atoms with E-state index in [1.54, 1.807) is 0 Å². The van der Waals surface area contributed by atoms with Gasteiger partial charge in [0.15, 0.2) is 0 Å². The van der Waals surface area contributed by atoms with Gasteiger partial charge in [0.25, 0.3) is 0 Å². The number of benzene rings is 3. The summed E-state index contributed by atoms with van der Waals surface area (Å²) in [6, 6.07) is 23.0. The zero-order valence-electron chi connectivity index (χ0n) is 17.1.